The molecule has 0 aliphatic heterocycles. The van der Waals surface area contributed by atoms with Gasteiger partial charge >= 0.3 is 32.6 Å². The molecule has 4 fully saturated rings. The van der Waals surface area contributed by atoms with Crippen molar-refractivity contribution in [3.05, 3.63) is 182 Å². The average molecular weight is 1040 g/mol. The summed E-state index contributed by atoms with van der Waals surface area (Å²) in [6, 6.07) is 64.3. The zero-order valence-corrected chi connectivity index (χ0v) is 40.7. The smallest absolute Gasteiger partial charge is 0.465 e. The lowest BCUT2D eigenvalue weighted by Gasteiger charge is -2.61. The summed E-state index contributed by atoms with van der Waals surface area (Å²) < 4.78 is 97.0. The predicted octanol–water partition coefficient (Wildman–Crippen LogP) is 11.2. The van der Waals surface area contributed by atoms with Crippen molar-refractivity contribution >= 4 is 55.9 Å². The lowest BCUT2D eigenvalue weighted by molar-refractivity contribution is -0.777. The monoisotopic (exact) mass is 1040 g/mol. The molecule has 70 heavy (non-hydrogen) atoms. The van der Waals surface area contributed by atoms with Gasteiger partial charge in [0.1, 0.15) is 12.0 Å². The second-order valence-corrected chi connectivity index (χ2v) is 23.7. The van der Waals surface area contributed by atoms with Crippen LogP contribution in [0.1, 0.15) is 38.5 Å². The molecule has 18 heteroatoms. The first-order chi connectivity index (χ1) is 33.5. The van der Waals surface area contributed by atoms with Crippen LogP contribution in [0.25, 0.3) is 0 Å². The number of hydrogen-bond acceptors (Lipinski definition) is 10. The molecular formula is C52H49F4O10S4+. The Labute approximate surface area is 414 Å². The second-order valence-electron chi connectivity index (χ2n) is 17.3. The minimum atomic E-state index is -6.01. The summed E-state index contributed by atoms with van der Waals surface area (Å²) in [6.45, 7) is -0.968. The molecule has 2 atom stereocenters. The van der Waals surface area contributed by atoms with Crippen molar-refractivity contribution in [2.45, 2.75) is 78.4 Å². The maximum absolute atomic E-state index is 13.6. The minimum Gasteiger partial charge on any atom is -0.691 e. The molecule has 4 aliphatic rings. The largest absolute Gasteiger partial charge is 0.691 e. The number of halogens is 4. The summed E-state index contributed by atoms with van der Waals surface area (Å²) in [6.07, 6.45) is 2.99. The van der Waals surface area contributed by atoms with E-state index in [0.29, 0.717) is 25.7 Å². The van der Waals surface area contributed by atoms with Crippen LogP contribution >= 0.6 is 12.0 Å². The zero-order valence-electron chi connectivity index (χ0n) is 37.4. The van der Waals surface area contributed by atoms with Crippen LogP contribution in [0.5, 0.6) is 0 Å². The van der Waals surface area contributed by atoms with Crippen LogP contribution in [0.15, 0.2) is 211 Å². The van der Waals surface area contributed by atoms with Crippen molar-refractivity contribution in [1.82, 2.24) is 0 Å². The molecular weight excluding hydrogens is 989 g/mol. The highest BCUT2D eigenvalue weighted by Crippen LogP contribution is 2.65. The van der Waals surface area contributed by atoms with Crippen LogP contribution in [0.2, 0.25) is 0 Å². The summed E-state index contributed by atoms with van der Waals surface area (Å²) in [5.41, 5.74) is -1.58. The number of alkyl halides is 4. The van der Waals surface area contributed by atoms with Gasteiger partial charge < -0.3 is 14.7 Å². The fraction of sp³-hybridized carbons (Fsp3) is 0.269. The maximum Gasteiger partial charge on any atom is 0.465 e. The van der Waals surface area contributed by atoms with Crippen molar-refractivity contribution in [2.75, 3.05) is 13.2 Å². The Balaban J connectivity index is 0.000000163. The lowest BCUT2D eigenvalue weighted by atomic mass is 9.44. The minimum absolute atomic E-state index is 0.0146. The van der Waals surface area contributed by atoms with Crippen molar-refractivity contribution in [1.29, 1.82) is 0 Å². The first-order valence-electron chi connectivity index (χ1n) is 22.0. The molecule has 0 saturated heterocycles. The van der Waals surface area contributed by atoms with E-state index in [4.69, 9.17) is 9.29 Å². The highest BCUT2D eigenvalue weighted by atomic mass is 32.2. The molecule has 10 rings (SSSR count). The van der Waals surface area contributed by atoms with Crippen molar-refractivity contribution in [2.24, 2.45) is 22.7 Å². The number of carbonyl (C=O) groups is 2. The molecule has 4 bridgehead atoms. The van der Waals surface area contributed by atoms with Crippen molar-refractivity contribution in [3.8, 4) is 0 Å². The molecule has 6 aromatic carbocycles. The number of hydrogen-bond donors (Lipinski definition) is 1. The van der Waals surface area contributed by atoms with Gasteiger partial charge in [0.05, 0.1) is 35.0 Å². The van der Waals surface area contributed by atoms with Crippen molar-refractivity contribution < 1.29 is 64.2 Å². The van der Waals surface area contributed by atoms with Crippen LogP contribution < -0.4 is 5.26 Å². The number of carbonyl (C=O) groups excluding carboxylic acids is 2. The summed E-state index contributed by atoms with van der Waals surface area (Å²) in [5.74, 6) is -4.28. The van der Waals surface area contributed by atoms with E-state index in [1.165, 1.54) is 29.4 Å². The van der Waals surface area contributed by atoms with E-state index in [2.05, 4.69) is 196 Å². The van der Waals surface area contributed by atoms with Crippen molar-refractivity contribution in [3.63, 3.8) is 0 Å². The van der Waals surface area contributed by atoms with Crippen LogP contribution in [-0.4, -0.2) is 48.6 Å². The molecule has 1 N–H and O–H groups in total. The van der Waals surface area contributed by atoms with Gasteiger partial charge in [0.2, 0.25) is 0 Å². The Hall–Kier alpha value is -5.18. The lowest BCUT2D eigenvalue weighted by Crippen LogP contribution is -2.56. The zero-order chi connectivity index (χ0) is 49.8. The van der Waals surface area contributed by atoms with Gasteiger partial charge in [0.15, 0.2) is 29.4 Å². The highest BCUT2D eigenvalue weighted by molar-refractivity contribution is 7.97. The van der Waals surface area contributed by atoms with Gasteiger partial charge in [0.25, 0.3) is 0 Å². The normalized spacial score (nSPS) is 20.4. The van der Waals surface area contributed by atoms with Gasteiger partial charge in [-0.1, -0.05) is 109 Å². The Bertz CT molecular complexity index is 2390. The predicted molar refractivity (Wildman–Crippen MR) is 256 cm³/mol. The topological polar surface area (TPSA) is 148 Å². The maximum atomic E-state index is 13.6. The van der Waals surface area contributed by atoms with E-state index >= 15 is 0 Å². The van der Waals surface area contributed by atoms with E-state index in [1.807, 2.05) is 0 Å². The second kappa shape index (κ2) is 23.4. The van der Waals surface area contributed by atoms with Crippen LogP contribution in [-0.2, 0) is 60.3 Å². The summed E-state index contributed by atoms with van der Waals surface area (Å²) in [4.78, 5) is 31.5. The standard InChI is InChI=1S/2C18H15S.C16H20F4O10S2/c2*1-4-10-16(11-5-1)19(17-12-6-2-7-13-17)18-14-8-3-9-15-18;17-15(18,31-30-29-23)11(21)27-7-13-2-9-1-10(3-13)5-14(4-9,6-13)8-28-12(22)16(19,20)32(24,25)26/h2*1-15H;9-10,23H,1-8H2,(H,24,25,26)/q2*+1;/p-1. The summed E-state index contributed by atoms with van der Waals surface area (Å²) in [5, 5.41) is 3.15. The third-order valence-electron chi connectivity index (χ3n) is 12.2. The Morgan fingerprint density at radius 3 is 1.11 bits per heavy atom. The van der Waals surface area contributed by atoms with Gasteiger partial charge in [0, 0.05) is 10.8 Å². The van der Waals surface area contributed by atoms with Gasteiger partial charge in [-0.3, -0.25) is 9.59 Å². The fourth-order valence-corrected chi connectivity index (χ4v) is 14.7. The molecule has 0 spiro atoms. The SMILES string of the molecule is O=C(OCC12CC3CC(C1)CC(COC(=O)C(F)(F)S(=O)(=O)O)(C3)C2)C(F)(F)SOO[O-].c1ccc([S+](c2ccccc2)c2ccccc2)cc1.c1ccc([S+](c2ccccc2)c2ccccc2)cc1. The Kier molecular flexibility index (Phi) is 17.6. The number of ether oxygens (including phenoxy) is 2. The first-order valence-corrected chi connectivity index (χ1v) is 26.7. The fourth-order valence-electron chi connectivity index (χ4n) is 9.94. The van der Waals surface area contributed by atoms with Crippen LogP contribution in [0.3, 0.4) is 0 Å². The third-order valence-corrected chi connectivity index (χ3v) is 17.9. The van der Waals surface area contributed by atoms with E-state index < -0.39 is 68.7 Å². The third kappa shape index (κ3) is 13.2. The summed E-state index contributed by atoms with van der Waals surface area (Å²) >= 11 is -0.822. The van der Waals surface area contributed by atoms with E-state index in [-0.39, 0.29) is 40.0 Å². The van der Waals surface area contributed by atoms with E-state index in [9.17, 15) is 40.8 Å². The molecule has 4 aliphatic carbocycles. The Morgan fingerprint density at radius 2 is 0.843 bits per heavy atom. The van der Waals surface area contributed by atoms with E-state index in [1.54, 1.807) is 0 Å². The molecule has 6 aromatic rings. The molecule has 368 valence electrons. The number of rotatable bonds is 16. The molecule has 2 unspecified atom stereocenters. The van der Waals surface area contributed by atoms with Gasteiger partial charge in [-0.15, -0.1) is 0 Å². The average Bonchev–Trinajstić information content (AvgIpc) is 3.36. The van der Waals surface area contributed by atoms with E-state index in [0.717, 1.165) is 6.42 Å². The summed E-state index contributed by atoms with van der Waals surface area (Å²) in [7, 11) is -6.04. The molecule has 10 nitrogen and oxygen atoms in total. The first kappa shape index (κ1) is 52.6. The van der Waals surface area contributed by atoms with Gasteiger partial charge in [-0.2, -0.15) is 30.3 Å². The quantitative estimate of drug-likeness (QED) is 0.0188. The molecule has 0 amide bonds. The van der Waals surface area contributed by atoms with Crippen LogP contribution in [0, 0.1) is 22.7 Å². The Morgan fingerprint density at radius 1 is 0.557 bits per heavy atom. The number of benzene rings is 6. The number of esters is 2. The molecule has 0 radical (unpaired) electrons. The van der Waals surface area contributed by atoms with Gasteiger partial charge in [-0.05, 0) is 123 Å². The molecule has 4 saturated carbocycles. The highest BCUT2D eigenvalue weighted by Gasteiger charge is 2.60. The van der Waals surface area contributed by atoms with Gasteiger partial charge in [-0.25, -0.2) is 9.59 Å². The molecule has 0 aromatic heterocycles. The molecule has 0 heterocycles. The van der Waals surface area contributed by atoms with Crippen LogP contribution in [0.4, 0.5) is 17.6 Å².